The topological polar surface area (TPSA) is 50.0 Å². The fraction of sp³-hybridized carbons (Fsp3) is 0.0519. The number of benzene rings is 12. The van der Waals surface area contributed by atoms with Crippen LogP contribution in [0, 0.1) is 11.3 Å². The summed E-state index contributed by atoms with van der Waals surface area (Å²) in [5.74, 6) is 0. The smallest absolute Gasteiger partial charge is 0.249 e. The van der Waals surface area contributed by atoms with E-state index >= 15 is 0 Å². The molecule has 0 atom stereocenters. The van der Waals surface area contributed by atoms with Gasteiger partial charge in [0, 0.05) is 90.7 Å². The molecule has 89 heavy (non-hydrogen) atoms. The van der Waals surface area contributed by atoms with E-state index in [1.54, 1.807) is 0 Å². The summed E-state index contributed by atoms with van der Waals surface area (Å²) in [5, 5.41) is 18.8. The molecule has 4 aromatic heterocycles. The van der Waals surface area contributed by atoms with Crippen molar-refractivity contribution >= 4 is 202 Å². The number of anilines is 3. The normalized spacial score (nSPS) is 13.0. The van der Waals surface area contributed by atoms with Crippen molar-refractivity contribution in [3.8, 4) is 39.7 Å². The van der Waals surface area contributed by atoms with Gasteiger partial charge in [0.15, 0.2) is 0 Å². The summed E-state index contributed by atoms with van der Waals surface area (Å²) in [6.45, 7) is 6.64. The monoisotopic (exact) mass is 1160 g/mol. The van der Waals surface area contributed by atoms with Crippen molar-refractivity contribution in [2.24, 2.45) is 0 Å². The summed E-state index contributed by atoms with van der Waals surface area (Å²) < 4.78 is 13.8. The van der Waals surface area contributed by atoms with Crippen LogP contribution in [0.4, 0.5) is 17.1 Å². The van der Waals surface area contributed by atoms with Crippen LogP contribution in [-0.4, -0.2) is 47.2 Å². The number of furan rings is 1. The molecule has 8 radical (unpaired) electrons. The van der Waals surface area contributed by atoms with Gasteiger partial charge in [-0.25, -0.2) is 0 Å². The van der Waals surface area contributed by atoms with Crippen LogP contribution in [-0.2, 0) is 5.41 Å². The molecule has 5 nitrogen and oxygen atoms in total. The minimum absolute atomic E-state index is 0.149. The highest BCUT2D eigenvalue weighted by Crippen LogP contribution is 2.50. The maximum atomic E-state index is 10.3. The Kier molecular flexibility index (Phi) is 11.2. The zero-order valence-corrected chi connectivity index (χ0v) is 50.3. The highest BCUT2D eigenvalue weighted by molar-refractivity contribution is 8.00. The van der Waals surface area contributed by atoms with Crippen molar-refractivity contribution < 1.29 is 4.42 Å². The summed E-state index contributed by atoms with van der Waals surface area (Å²) in [5.41, 5.74) is 21.1. The Morgan fingerprint density at radius 1 is 0.461 bits per heavy atom. The molecule has 2 aliphatic rings. The number of nitrogens with zero attached hydrogens (tertiary/aromatic N) is 4. The average molecular weight is 1160 g/mol. The summed E-state index contributed by atoms with van der Waals surface area (Å²) in [4.78, 5) is 4.88. The van der Waals surface area contributed by atoms with E-state index in [2.05, 4.69) is 241 Å². The second kappa shape index (κ2) is 19.1. The Morgan fingerprint density at radius 3 is 1.93 bits per heavy atom. The second-order valence-corrected chi connectivity index (χ2v) is 26.9. The van der Waals surface area contributed by atoms with E-state index < -0.39 is 0 Å². The quantitative estimate of drug-likeness (QED) is 0.161. The number of rotatable bonds is 5. The minimum atomic E-state index is -0.195. The molecule has 12 aromatic carbocycles. The summed E-state index contributed by atoms with van der Waals surface area (Å²) >= 11 is 3.67. The van der Waals surface area contributed by atoms with Crippen LogP contribution in [0.25, 0.3) is 119 Å². The molecule has 12 heteroatoms. The fourth-order valence-electron chi connectivity index (χ4n) is 14.6. The Morgan fingerprint density at radius 2 is 1.16 bits per heavy atom. The first kappa shape index (κ1) is 52.4. The molecule has 6 heterocycles. The Labute approximate surface area is 527 Å². The van der Waals surface area contributed by atoms with Gasteiger partial charge in [0.1, 0.15) is 42.6 Å². The molecular weight excluding hydrogens is 1120 g/mol. The molecule has 0 saturated carbocycles. The molecule has 0 amide bonds. The van der Waals surface area contributed by atoms with Crippen molar-refractivity contribution in [1.82, 2.24) is 9.13 Å². The summed E-state index contributed by atoms with van der Waals surface area (Å²) in [6, 6.07) is 81.8. The second-order valence-electron chi connectivity index (χ2n) is 24.7. The number of hydrogen-bond acceptors (Lipinski definition) is 5. The molecule has 0 saturated heterocycles. The maximum Gasteiger partial charge on any atom is 0.249 e. The lowest BCUT2D eigenvalue weighted by Gasteiger charge is -2.41. The molecule has 0 unspecified atom stereocenters. The summed E-state index contributed by atoms with van der Waals surface area (Å²) in [7, 11) is 27.6. The predicted molar refractivity (Wildman–Crippen MR) is 381 cm³/mol. The Hall–Kier alpha value is -9.78. The van der Waals surface area contributed by atoms with E-state index in [0.29, 0.717) is 27.4 Å². The van der Waals surface area contributed by atoms with E-state index in [9.17, 15) is 5.26 Å². The lowest BCUT2D eigenvalue weighted by atomic mass is 9.35. The number of fused-ring (bicyclic) bond motifs is 17. The van der Waals surface area contributed by atoms with E-state index in [1.165, 1.54) is 57.2 Å². The number of para-hydroxylation sites is 2. The Balaban J connectivity index is 0.949. The maximum absolute atomic E-state index is 10.3. The van der Waals surface area contributed by atoms with Gasteiger partial charge in [-0.1, -0.05) is 158 Å². The van der Waals surface area contributed by atoms with Crippen LogP contribution in [0.1, 0.15) is 31.9 Å². The molecule has 406 valence electrons. The van der Waals surface area contributed by atoms with Gasteiger partial charge in [0.05, 0.1) is 33.9 Å². The zero-order valence-electron chi connectivity index (χ0n) is 48.7. The first-order chi connectivity index (χ1) is 43.4. The van der Waals surface area contributed by atoms with Crippen LogP contribution in [0.5, 0.6) is 0 Å². The Bertz CT molecular complexity index is 5810. The van der Waals surface area contributed by atoms with E-state index in [4.69, 9.17) is 35.8 Å². The van der Waals surface area contributed by atoms with Crippen LogP contribution in [0.3, 0.4) is 0 Å². The van der Waals surface area contributed by atoms with E-state index in [-0.39, 0.29) is 23.1 Å². The van der Waals surface area contributed by atoms with Crippen molar-refractivity contribution in [2.75, 3.05) is 4.90 Å². The molecule has 0 bridgehead atoms. The zero-order chi connectivity index (χ0) is 59.9. The van der Waals surface area contributed by atoms with Gasteiger partial charge < -0.3 is 18.5 Å². The van der Waals surface area contributed by atoms with Crippen molar-refractivity contribution in [2.45, 2.75) is 36.0 Å². The van der Waals surface area contributed by atoms with Crippen molar-refractivity contribution in [3.05, 3.63) is 230 Å². The van der Waals surface area contributed by atoms with Gasteiger partial charge >= 0.3 is 0 Å². The highest BCUT2D eigenvalue weighted by atomic mass is 32.2. The minimum Gasteiger partial charge on any atom is -0.456 e. The third-order valence-electron chi connectivity index (χ3n) is 18.8. The van der Waals surface area contributed by atoms with Crippen LogP contribution >= 0.6 is 23.1 Å². The molecule has 0 N–H and O–H groups in total. The van der Waals surface area contributed by atoms with Gasteiger partial charge in [-0.2, -0.15) is 5.26 Å². The lowest BCUT2D eigenvalue weighted by Crippen LogP contribution is -2.59. The SMILES string of the molecule is [B]c1c([B])c([B])c2c(c1[B])c1cc(C#N)ccc1n2-c1ccc2c(c1)N(c1ccc(C(C)(C)C)cc1-c1ccccc1)c1cc(-c3ccc4oc5ccc6sc7ccccc7c6c5c4c3)cc3c1B2c1ccc(-n2c4ccccc4c4ccccc42)cc1S3. The molecule has 16 aromatic rings. The molecule has 0 aliphatic carbocycles. The van der Waals surface area contributed by atoms with E-state index in [0.717, 1.165) is 100 Å². The molecule has 0 fully saturated rings. The van der Waals surface area contributed by atoms with Gasteiger partial charge in [-0.3, -0.25) is 0 Å². The molecular formula is C77H45B5N4OS2. The van der Waals surface area contributed by atoms with Crippen LogP contribution in [0.15, 0.2) is 233 Å². The third kappa shape index (κ3) is 7.56. The lowest BCUT2D eigenvalue weighted by molar-refractivity contribution is 0.590. The largest absolute Gasteiger partial charge is 0.456 e. The molecule has 18 rings (SSSR count). The predicted octanol–water partition coefficient (Wildman–Crippen LogP) is 14.6. The van der Waals surface area contributed by atoms with E-state index in [1.807, 2.05) is 41.3 Å². The highest BCUT2D eigenvalue weighted by Gasteiger charge is 2.43. The molecule has 2 aliphatic heterocycles. The first-order valence-corrected chi connectivity index (χ1v) is 31.5. The number of thiophene rings is 1. The number of nitriles is 1. The van der Waals surface area contributed by atoms with Crippen molar-refractivity contribution in [3.63, 3.8) is 0 Å². The van der Waals surface area contributed by atoms with Gasteiger partial charge in [0.2, 0.25) is 6.71 Å². The average Bonchev–Trinajstić information content (AvgIpc) is 1.09. The van der Waals surface area contributed by atoms with Gasteiger partial charge in [0.25, 0.3) is 0 Å². The summed E-state index contributed by atoms with van der Waals surface area (Å²) in [6.07, 6.45) is 0. The first-order valence-electron chi connectivity index (χ1n) is 29.9. The molecule has 0 spiro atoms. The third-order valence-corrected chi connectivity index (χ3v) is 21.1. The number of hydrogen-bond donors (Lipinski definition) is 0. The van der Waals surface area contributed by atoms with Crippen LogP contribution in [0.2, 0.25) is 0 Å². The fourth-order valence-corrected chi connectivity index (χ4v) is 17.0. The van der Waals surface area contributed by atoms with Crippen LogP contribution < -0.4 is 43.1 Å². The number of aromatic nitrogens is 2. The van der Waals surface area contributed by atoms with Crippen molar-refractivity contribution in [1.29, 1.82) is 5.26 Å². The van der Waals surface area contributed by atoms with Gasteiger partial charge in [-0.15, -0.1) is 22.3 Å². The van der Waals surface area contributed by atoms with Gasteiger partial charge in [-0.05, 0) is 153 Å². The standard InChI is InChI=1S/C77H45B5N4OS2/c1-77(2,3)45-23-29-58(51(37-45)42-13-5-4-6-14-42)86-60-38-46(85-59-28-21-41(40-83)33-52(59)70-71(78)72(79)73(80)74(81)76(70)85)24-26-54(60)82-55-27-25-47(84-56-18-10-7-15-48(56)49-16-8-11-19-57(49)84)39-66(55)89-67-36-44(35-61(86)75(67)82)43-22-30-62-53(34-43)68-63(87-62)31-32-65-69(68)50-17-9-12-20-64(50)88-65/h4-39H,1-3H3.